The van der Waals surface area contributed by atoms with Crippen molar-refractivity contribution in [3.8, 4) is 0 Å². The molecule has 0 unspecified atom stereocenters. The zero-order valence-electron chi connectivity index (χ0n) is 11.6. The Kier molecular flexibility index (Phi) is 3.35. The van der Waals surface area contributed by atoms with Crippen LogP contribution in [0.15, 0.2) is 41.2 Å². The second kappa shape index (κ2) is 5.18. The van der Waals surface area contributed by atoms with E-state index in [1.807, 2.05) is 26.0 Å². The van der Waals surface area contributed by atoms with Crippen LogP contribution < -0.4 is 5.56 Å². The minimum absolute atomic E-state index is 0.177. The summed E-state index contributed by atoms with van der Waals surface area (Å²) in [5, 5.41) is 0.673. The van der Waals surface area contributed by atoms with Gasteiger partial charge in [-0.05, 0) is 25.5 Å². The lowest BCUT2D eigenvalue weighted by molar-refractivity contribution is 0.103. The monoisotopic (exact) mass is 296 g/mol. The van der Waals surface area contributed by atoms with E-state index < -0.39 is 5.56 Å². The second-order valence-electron chi connectivity index (χ2n) is 4.78. The molecule has 0 amide bonds. The van der Waals surface area contributed by atoms with Gasteiger partial charge in [0.05, 0.1) is 5.39 Å². The fourth-order valence-electron chi connectivity index (χ4n) is 2.21. The van der Waals surface area contributed by atoms with Gasteiger partial charge in [-0.1, -0.05) is 41.7 Å². The topological polar surface area (TPSA) is 59.9 Å². The molecule has 2 heterocycles. The third-order valence-electron chi connectivity index (χ3n) is 3.15. The van der Waals surface area contributed by atoms with Gasteiger partial charge in [-0.15, -0.1) is 0 Å². The van der Waals surface area contributed by atoms with E-state index in [-0.39, 0.29) is 10.8 Å². The Labute approximate surface area is 125 Å². The highest BCUT2D eigenvalue weighted by molar-refractivity contribution is 7.19. The Morgan fingerprint density at radius 3 is 2.52 bits per heavy atom. The summed E-state index contributed by atoms with van der Waals surface area (Å²) in [6.45, 7) is 3.72. The number of nitrogens with zero attached hydrogens (tertiary/aromatic N) is 2. The fraction of sp³-hybridized carbons (Fsp3) is 0.125. The lowest BCUT2D eigenvalue weighted by atomic mass is 10.1. The SMILES string of the molecule is Cc1cc(C)c2c(=O)nc(C(=O)c3ccccc3)sc2n1. The van der Waals surface area contributed by atoms with Crippen LogP contribution in [-0.2, 0) is 0 Å². The maximum Gasteiger partial charge on any atom is 0.281 e. The molecule has 1 aromatic carbocycles. The van der Waals surface area contributed by atoms with Gasteiger partial charge in [0.15, 0.2) is 5.01 Å². The van der Waals surface area contributed by atoms with E-state index in [2.05, 4.69) is 9.97 Å². The molecule has 0 fully saturated rings. The zero-order valence-corrected chi connectivity index (χ0v) is 12.4. The van der Waals surface area contributed by atoms with Crippen molar-refractivity contribution in [2.45, 2.75) is 13.8 Å². The fourth-order valence-corrected chi connectivity index (χ4v) is 3.27. The van der Waals surface area contributed by atoms with Crippen LogP contribution in [0.4, 0.5) is 0 Å². The molecule has 5 heteroatoms. The van der Waals surface area contributed by atoms with E-state index in [0.29, 0.717) is 15.8 Å². The molecule has 0 bridgehead atoms. The molecule has 0 saturated carbocycles. The Balaban J connectivity index is 2.22. The molecule has 0 saturated heterocycles. The number of hydrogen-bond acceptors (Lipinski definition) is 5. The average Bonchev–Trinajstić information content (AvgIpc) is 2.46. The lowest BCUT2D eigenvalue weighted by Crippen LogP contribution is -2.14. The van der Waals surface area contributed by atoms with Crippen molar-refractivity contribution in [1.29, 1.82) is 0 Å². The van der Waals surface area contributed by atoms with Gasteiger partial charge < -0.3 is 0 Å². The smallest absolute Gasteiger partial charge is 0.281 e. The summed E-state index contributed by atoms with van der Waals surface area (Å²) in [5.41, 5.74) is 1.78. The van der Waals surface area contributed by atoms with Gasteiger partial charge >= 0.3 is 0 Å². The van der Waals surface area contributed by atoms with Gasteiger partial charge in [0.1, 0.15) is 4.83 Å². The summed E-state index contributed by atoms with van der Waals surface area (Å²) in [4.78, 5) is 33.4. The van der Waals surface area contributed by atoms with Crippen molar-refractivity contribution < 1.29 is 4.79 Å². The van der Waals surface area contributed by atoms with Gasteiger partial charge in [-0.2, -0.15) is 4.98 Å². The number of rotatable bonds is 2. The van der Waals surface area contributed by atoms with Crippen molar-refractivity contribution in [3.05, 3.63) is 68.6 Å². The second-order valence-corrected chi connectivity index (χ2v) is 5.76. The van der Waals surface area contributed by atoms with Crippen LogP contribution in [0.5, 0.6) is 0 Å². The molecule has 0 N–H and O–H groups in total. The van der Waals surface area contributed by atoms with E-state index in [4.69, 9.17) is 0 Å². The van der Waals surface area contributed by atoms with Crippen molar-refractivity contribution in [1.82, 2.24) is 9.97 Å². The standard InChI is InChI=1S/C16H12N2O2S/c1-9-8-10(2)17-15-12(9)14(20)18-16(21-15)13(19)11-6-4-3-5-7-11/h3-8H,1-2H3. The molecule has 104 valence electrons. The van der Waals surface area contributed by atoms with Gasteiger partial charge in [-0.3, -0.25) is 9.59 Å². The first-order chi connectivity index (χ1) is 10.1. The van der Waals surface area contributed by atoms with Gasteiger partial charge in [0, 0.05) is 11.3 Å². The van der Waals surface area contributed by atoms with E-state index in [0.717, 1.165) is 22.6 Å². The number of carbonyl (C=O) groups excluding carboxylic acids is 1. The largest absolute Gasteiger partial charge is 0.286 e. The number of carbonyl (C=O) groups is 1. The Bertz CT molecular complexity index is 901. The maximum absolute atomic E-state index is 12.4. The van der Waals surface area contributed by atoms with E-state index in [1.165, 1.54) is 0 Å². The van der Waals surface area contributed by atoms with Crippen LogP contribution in [-0.4, -0.2) is 15.8 Å². The summed E-state index contributed by atoms with van der Waals surface area (Å²) < 4.78 is 0. The van der Waals surface area contributed by atoms with Gasteiger partial charge in [0.25, 0.3) is 5.56 Å². The average molecular weight is 296 g/mol. The number of aryl methyl sites for hydroxylation is 2. The van der Waals surface area contributed by atoms with Crippen molar-refractivity contribution >= 4 is 27.3 Å². The van der Waals surface area contributed by atoms with E-state index in [9.17, 15) is 9.59 Å². The Morgan fingerprint density at radius 1 is 1.10 bits per heavy atom. The predicted octanol–water partition coefficient (Wildman–Crippen LogP) is 2.90. The first kappa shape index (κ1) is 13.6. The first-order valence-corrected chi connectivity index (χ1v) is 7.27. The number of hydrogen-bond donors (Lipinski definition) is 0. The molecule has 0 aliphatic carbocycles. The molecule has 2 aromatic heterocycles. The highest BCUT2D eigenvalue weighted by Gasteiger charge is 2.16. The zero-order chi connectivity index (χ0) is 15.0. The van der Waals surface area contributed by atoms with Crippen molar-refractivity contribution in [2.75, 3.05) is 0 Å². The van der Waals surface area contributed by atoms with Crippen LogP contribution in [0.2, 0.25) is 0 Å². The highest BCUT2D eigenvalue weighted by Crippen LogP contribution is 2.21. The number of fused-ring (bicyclic) bond motifs is 1. The molecular weight excluding hydrogens is 284 g/mol. The number of benzene rings is 1. The third-order valence-corrected chi connectivity index (χ3v) is 4.11. The summed E-state index contributed by atoms with van der Waals surface area (Å²) in [6.07, 6.45) is 0. The molecule has 21 heavy (non-hydrogen) atoms. The minimum atomic E-state index is -0.395. The number of aromatic nitrogens is 2. The van der Waals surface area contributed by atoms with Crippen molar-refractivity contribution in [2.24, 2.45) is 0 Å². The maximum atomic E-state index is 12.4. The van der Waals surface area contributed by atoms with Crippen LogP contribution in [0, 0.1) is 13.8 Å². The number of ketones is 1. The predicted molar refractivity (Wildman–Crippen MR) is 83.0 cm³/mol. The summed E-state index contributed by atoms with van der Waals surface area (Å²) in [5.74, 6) is -0.249. The van der Waals surface area contributed by atoms with Crippen LogP contribution >= 0.6 is 11.3 Å². The lowest BCUT2D eigenvalue weighted by Gasteiger charge is -2.04. The summed E-state index contributed by atoms with van der Waals surface area (Å²) >= 11 is 1.16. The quantitative estimate of drug-likeness (QED) is 0.682. The van der Waals surface area contributed by atoms with E-state index in [1.54, 1.807) is 24.3 Å². The van der Waals surface area contributed by atoms with Gasteiger partial charge in [-0.25, -0.2) is 4.98 Å². The molecule has 0 aliphatic heterocycles. The normalized spacial score (nSPS) is 10.8. The molecular formula is C16H12N2O2S. The molecule has 0 radical (unpaired) electrons. The van der Waals surface area contributed by atoms with Gasteiger partial charge in [0.2, 0.25) is 5.78 Å². The number of pyridine rings is 1. The highest BCUT2D eigenvalue weighted by atomic mass is 32.1. The molecule has 3 rings (SSSR count). The molecule has 0 atom stereocenters. The summed E-state index contributed by atoms with van der Waals surface area (Å²) in [6, 6.07) is 10.7. The molecule has 3 aromatic rings. The molecule has 4 nitrogen and oxygen atoms in total. The third kappa shape index (κ3) is 2.48. The molecule has 0 spiro atoms. The minimum Gasteiger partial charge on any atom is -0.286 e. The van der Waals surface area contributed by atoms with Crippen LogP contribution in [0.3, 0.4) is 0 Å². The van der Waals surface area contributed by atoms with Crippen LogP contribution in [0.25, 0.3) is 10.2 Å². The molecule has 0 aliphatic rings. The summed E-state index contributed by atoms with van der Waals surface area (Å²) in [7, 11) is 0. The van der Waals surface area contributed by atoms with Crippen LogP contribution in [0.1, 0.15) is 26.6 Å². The first-order valence-electron chi connectivity index (χ1n) is 6.45. The Morgan fingerprint density at radius 2 is 1.81 bits per heavy atom. The van der Waals surface area contributed by atoms with E-state index >= 15 is 0 Å². The van der Waals surface area contributed by atoms with Crippen molar-refractivity contribution in [3.63, 3.8) is 0 Å². The Hall–Kier alpha value is -2.40.